The Morgan fingerprint density at radius 3 is 2.88 bits per heavy atom. The summed E-state index contributed by atoms with van der Waals surface area (Å²) in [5.74, 6) is 0.795. The van der Waals surface area contributed by atoms with Gasteiger partial charge in [-0.05, 0) is 18.2 Å². The number of nitriles is 1. The molecule has 0 amide bonds. The van der Waals surface area contributed by atoms with Crippen LogP contribution in [0.3, 0.4) is 0 Å². The summed E-state index contributed by atoms with van der Waals surface area (Å²) in [6, 6.07) is 7.57. The van der Waals surface area contributed by atoms with E-state index in [0.29, 0.717) is 30.2 Å². The van der Waals surface area contributed by atoms with Gasteiger partial charge in [0.2, 0.25) is 0 Å². The van der Waals surface area contributed by atoms with E-state index in [9.17, 15) is 5.26 Å². The normalized spacial score (nSPS) is 14.4. The van der Waals surface area contributed by atoms with Crippen LogP contribution in [0.5, 0.6) is 0 Å². The number of ether oxygens (including phenoxy) is 1. The maximum atomic E-state index is 9.50. The van der Waals surface area contributed by atoms with Crippen LogP contribution in [0.2, 0.25) is 0 Å². The van der Waals surface area contributed by atoms with E-state index in [2.05, 4.69) is 20.9 Å². The molecule has 4 heterocycles. The number of furan rings is 1. The zero-order valence-corrected chi connectivity index (χ0v) is 14.1. The third-order valence-electron chi connectivity index (χ3n) is 3.97. The Kier molecular flexibility index (Phi) is 4.09. The van der Waals surface area contributed by atoms with Crippen molar-refractivity contribution in [2.24, 2.45) is 0 Å². The molecule has 126 valence electrons. The minimum absolute atomic E-state index is 0.188. The maximum Gasteiger partial charge on any atom is 0.186 e. The molecule has 0 unspecified atom stereocenters. The second-order valence-electron chi connectivity index (χ2n) is 5.51. The first-order chi connectivity index (χ1) is 12.3. The molecule has 2 N–H and O–H groups in total. The number of nitrogen functional groups attached to an aromatic ring is 1. The van der Waals surface area contributed by atoms with Crippen molar-refractivity contribution in [3.05, 3.63) is 36.2 Å². The average molecular weight is 353 g/mol. The van der Waals surface area contributed by atoms with Crippen molar-refractivity contribution in [1.29, 1.82) is 5.26 Å². The van der Waals surface area contributed by atoms with Gasteiger partial charge in [-0.25, -0.2) is 9.97 Å². The van der Waals surface area contributed by atoms with Crippen LogP contribution in [-0.4, -0.2) is 36.3 Å². The first-order valence-corrected chi connectivity index (χ1v) is 8.61. The summed E-state index contributed by atoms with van der Waals surface area (Å²) in [6.07, 6.45) is 3.35. The number of anilines is 2. The van der Waals surface area contributed by atoms with Crippen LogP contribution in [0.1, 0.15) is 5.56 Å². The quantitative estimate of drug-likeness (QED) is 0.772. The largest absolute Gasteiger partial charge is 0.463 e. The van der Waals surface area contributed by atoms with Gasteiger partial charge in [0.05, 0.1) is 24.4 Å². The highest BCUT2D eigenvalue weighted by molar-refractivity contribution is 7.18. The number of hydrogen-bond donors (Lipinski definition) is 1. The Balaban J connectivity index is 1.76. The molecule has 0 atom stereocenters. The van der Waals surface area contributed by atoms with E-state index in [-0.39, 0.29) is 5.82 Å². The number of aromatic nitrogens is 2. The Labute approximate surface area is 148 Å². The van der Waals surface area contributed by atoms with Crippen LogP contribution < -0.4 is 10.6 Å². The Morgan fingerprint density at radius 1 is 1.32 bits per heavy atom. The van der Waals surface area contributed by atoms with E-state index < -0.39 is 0 Å². The fraction of sp³-hybridized carbons (Fsp3) is 0.235. The van der Waals surface area contributed by atoms with E-state index in [1.165, 1.54) is 11.3 Å². The summed E-state index contributed by atoms with van der Waals surface area (Å²) in [5.41, 5.74) is 7.68. The lowest BCUT2D eigenvalue weighted by molar-refractivity contribution is 0.122. The first kappa shape index (κ1) is 15.6. The van der Waals surface area contributed by atoms with Crippen LogP contribution in [-0.2, 0) is 4.74 Å². The molecule has 0 saturated carbocycles. The molecule has 1 saturated heterocycles. The number of pyridine rings is 1. The van der Waals surface area contributed by atoms with Gasteiger partial charge >= 0.3 is 0 Å². The van der Waals surface area contributed by atoms with E-state index in [1.54, 1.807) is 18.5 Å². The number of thiazole rings is 1. The van der Waals surface area contributed by atoms with Crippen molar-refractivity contribution in [3.63, 3.8) is 0 Å². The summed E-state index contributed by atoms with van der Waals surface area (Å²) < 4.78 is 10.8. The van der Waals surface area contributed by atoms with E-state index in [4.69, 9.17) is 14.9 Å². The summed E-state index contributed by atoms with van der Waals surface area (Å²) >= 11 is 1.53. The number of nitrogens with two attached hydrogens (primary N) is 1. The molecule has 0 aliphatic carbocycles. The van der Waals surface area contributed by atoms with Gasteiger partial charge in [0.1, 0.15) is 23.1 Å². The molecule has 7 nitrogen and oxygen atoms in total. The molecule has 3 aromatic heterocycles. The van der Waals surface area contributed by atoms with Gasteiger partial charge in [0, 0.05) is 24.8 Å². The van der Waals surface area contributed by atoms with Gasteiger partial charge in [0.15, 0.2) is 10.9 Å². The molecule has 0 spiro atoms. The van der Waals surface area contributed by atoms with Gasteiger partial charge < -0.3 is 19.8 Å². The number of morpholine rings is 1. The minimum atomic E-state index is 0.188. The van der Waals surface area contributed by atoms with Gasteiger partial charge in [-0.1, -0.05) is 11.3 Å². The highest BCUT2D eigenvalue weighted by Crippen LogP contribution is 2.36. The fourth-order valence-electron chi connectivity index (χ4n) is 2.72. The van der Waals surface area contributed by atoms with Gasteiger partial charge in [-0.3, -0.25) is 0 Å². The predicted molar refractivity (Wildman–Crippen MR) is 95.2 cm³/mol. The van der Waals surface area contributed by atoms with Crippen LogP contribution in [0.15, 0.2) is 35.1 Å². The lowest BCUT2D eigenvalue weighted by atomic mass is 10.1. The molecule has 1 fully saturated rings. The molecule has 0 radical (unpaired) electrons. The molecule has 8 heteroatoms. The topological polar surface area (TPSA) is 101 Å². The second kappa shape index (κ2) is 6.55. The lowest BCUT2D eigenvalue weighted by Crippen LogP contribution is -2.36. The Morgan fingerprint density at radius 2 is 2.16 bits per heavy atom. The zero-order valence-electron chi connectivity index (χ0n) is 13.3. The van der Waals surface area contributed by atoms with Crippen molar-refractivity contribution in [1.82, 2.24) is 9.97 Å². The predicted octanol–water partition coefficient (Wildman–Crippen LogP) is 2.76. The van der Waals surface area contributed by atoms with Gasteiger partial charge in [0.25, 0.3) is 0 Å². The first-order valence-electron chi connectivity index (χ1n) is 7.79. The average Bonchev–Trinajstić information content (AvgIpc) is 3.34. The third kappa shape index (κ3) is 2.95. The zero-order chi connectivity index (χ0) is 17.2. The second-order valence-corrected chi connectivity index (χ2v) is 6.52. The van der Waals surface area contributed by atoms with Gasteiger partial charge in [-0.15, -0.1) is 0 Å². The number of hydrogen-bond acceptors (Lipinski definition) is 8. The molecule has 1 aliphatic heterocycles. The van der Waals surface area contributed by atoms with Crippen LogP contribution >= 0.6 is 11.3 Å². The van der Waals surface area contributed by atoms with Crippen LogP contribution in [0, 0.1) is 11.3 Å². The van der Waals surface area contributed by atoms with Gasteiger partial charge in [-0.2, -0.15) is 5.26 Å². The molecule has 0 bridgehead atoms. The maximum absolute atomic E-state index is 9.50. The number of nitrogens with zero attached hydrogens (tertiary/aromatic N) is 4. The van der Waals surface area contributed by atoms with E-state index >= 15 is 0 Å². The summed E-state index contributed by atoms with van der Waals surface area (Å²) in [6.45, 7) is 3.02. The molecular formula is C17H15N5O2S. The highest BCUT2D eigenvalue weighted by atomic mass is 32.1. The minimum Gasteiger partial charge on any atom is -0.463 e. The van der Waals surface area contributed by atoms with Crippen molar-refractivity contribution in [2.45, 2.75) is 0 Å². The lowest BCUT2D eigenvalue weighted by Gasteiger charge is -2.25. The van der Waals surface area contributed by atoms with Crippen molar-refractivity contribution in [2.75, 3.05) is 36.9 Å². The molecule has 3 aromatic rings. The Hall–Kier alpha value is -2.89. The molecular weight excluding hydrogens is 338 g/mol. The monoisotopic (exact) mass is 353 g/mol. The summed E-state index contributed by atoms with van der Waals surface area (Å²) in [7, 11) is 0. The van der Waals surface area contributed by atoms with Crippen molar-refractivity contribution >= 4 is 22.3 Å². The SMILES string of the molecule is N#Cc1c(-c2cnc(N3CCOCC3)s2)cc(-c2ccco2)nc1N. The molecule has 0 aromatic carbocycles. The van der Waals surface area contributed by atoms with Crippen LogP contribution in [0.25, 0.3) is 21.9 Å². The van der Waals surface area contributed by atoms with Crippen molar-refractivity contribution < 1.29 is 9.15 Å². The standard InChI is InChI=1S/C17H15N5O2S/c18-9-12-11(8-13(21-16(12)19)14-2-1-5-24-14)15-10-20-17(25-15)22-3-6-23-7-4-22/h1-2,5,8,10H,3-4,6-7H2,(H2,19,21). The van der Waals surface area contributed by atoms with Crippen molar-refractivity contribution in [3.8, 4) is 28.0 Å². The van der Waals surface area contributed by atoms with Crippen LogP contribution in [0.4, 0.5) is 10.9 Å². The smallest absolute Gasteiger partial charge is 0.186 e. The summed E-state index contributed by atoms with van der Waals surface area (Å²) in [4.78, 5) is 11.9. The molecule has 1 aliphatic rings. The van der Waals surface area contributed by atoms with E-state index in [1.807, 2.05) is 12.1 Å². The third-order valence-corrected chi connectivity index (χ3v) is 5.06. The van der Waals surface area contributed by atoms with E-state index in [0.717, 1.165) is 28.7 Å². The fourth-order valence-corrected chi connectivity index (χ4v) is 3.71. The number of rotatable bonds is 3. The molecule has 4 rings (SSSR count). The molecule has 25 heavy (non-hydrogen) atoms. The highest BCUT2D eigenvalue weighted by Gasteiger charge is 2.19. The Bertz CT molecular complexity index is 923. The summed E-state index contributed by atoms with van der Waals surface area (Å²) in [5, 5.41) is 10.4.